The van der Waals surface area contributed by atoms with E-state index in [1.807, 2.05) is 0 Å². The third-order valence-electron chi connectivity index (χ3n) is 3.33. The van der Waals surface area contributed by atoms with Crippen LogP contribution in [0, 0.1) is 5.82 Å². The van der Waals surface area contributed by atoms with E-state index in [4.69, 9.17) is 16.0 Å². The van der Waals surface area contributed by atoms with Crippen LogP contribution >= 0.6 is 0 Å². The van der Waals surface area contributed by atoms with Crippen molar-refractivity contribution < 1.29 is 27.9 Å². The second-order valence-electron chi connectivity index (χ2n) is 5.23. The number of carbonyl (C=O) groups is 1. The second kappa shape index (κ2) is 6.56. The highest BCUT2D eigenvalue weighted by Crippen LogP contribution is 2.32. The Morgan fingerprint density at radius 2 is 1.92 bits per heavy atom. The van der Waals surface area contributed by atoms with E-state index in [0.29, 0.717) is 5.56 Å². The Labute approximate surface area is 145 Å². The van der Waals surface area contributed by atoms with Crippen LogP contribution in [0.3, 0.4) is 0 Å². The molecule has 0 fully saturated rings. The SMILES string of the molecule is [2H][C@@]1(c2cccc(F)c2)OC(N)=C(OS(=O)(=O)Cc2ccccc2)C1=O. The van der Waals surface area contributed by atoms with Crippen molar-refractivity contribution in [3.8, 4) is 0 Å². The van der Waals surface area contributed by atoms with Crippen LogP contribution in [0.5, 0.6) is 0 Å². The molecule has 2 aromatic carbocycles. The van der Waals surface area contributed by atoms with E-state index in [1.165, 1.54) is 12.1 Å². The fourth-order valence-electron chi connectivity index (χ4n) is 2.25. The standard InChI is InChI=1S/C17H14FNO5S/c18-13-8-4-7-12(9-13)15-14(20)16(17(19)23-15)24-25(21,22)10-11-5-2-1-3-6-11/h1-9,15H,10,19H2/t15-/m0/s1/i15D. The van der Waals surface area contributed by atoms with Gasteiger partial charge in [0.15, 0.2) is 6.08 Å². The first kappa shape index (κ1) is 15.6. The molecule has 130 valence electrons. The fourth-order valence-corrected chi connectivity index (χ4v) is 3.32. The van der Waals surface area contributed by atoms with Crippen molar-refractivity contribution in [2.45, 2.75) is 11.8 Å². The van der Waals surface area contributed by atoms with Crippen LogP contribution in [0.25, 0.3) is 0 Å². The Hall–Kier alpha value is -2.87. The molecule has 25 heavy (non-hydrogen) atoms. The second-order valence-corrected chi connectivity index (χ2v) is 6.81. The van der Waals surface area contributed by atoms with Gasteiger partial charge in [0, 0.05) is 5.56 Å². The molecule has 0 saturated carbocycles. The van der Waals surface area contributed by atoms with E-state index in [9.17, 15) is 17.6 Å². The lowest BCUT2D eigenvalue weighted by molar-refractivity contribution is -0.123. The summed E-state index contributed by atoms with van der Waals surface area (Å²) in [6, 6.07) is 12.8. The minimum absolute atomic E-state index is 0.135. The van der Waals surface area contributed by atoms with Gasteiger partial charge in [-0.1, -0.05) is 42.5 Å². The lowest BCUT2D eigenvalue weighted by atomic mass is 10.1. The van der Waals surface area contributed by atoms with Crippen LogP contribution in [0.15, 0.2) is 66.2 Å². The molecule has 1 heterocycles. The zero-order valence-corrected chi connectivity index (χ0v) is 13.6. The van der Waals surface area contributed by atoms with Gasteiger partial charge in [0.25, 0.3) is 0 Å². The monoisotopic (exact) mass is 364 g/mol. The summed E-state index contributed by atoms with van der Waals surface area (Å²) in [5.74, 6) is -3.75. The number of carbonyl (C=O) groups excluding carboxylic acids is 1. The van der Waals surface area contributed by atoms with Gasteiger partial charge in [-0.2, -0.15) is 8.42 Å². The molecule has 1 atom stereocenters. The Morgan fingerprint density at radius 3 is 2.60 bits per heavy atom. The number of Topliss-reactive ketones (excluding diaryl/α,β-unsaturated/α-hetero) is 1. The molecule has 0 bridgehead atoms. The number of hydrogen-bond acceptors (Lipinski definition) is 6. The van der Waals surface area contributed by atoms with Gasteiger partial charge in [0.2, 0.25) is 17.4 Å². The predicted molar refractivity (Wildman–Crippen MR) is 86.6 cm³/mol. The zero-order valence-electron chi connectivity index (χ0n) is 13.8. The van der Waals surface area contributed by atoms with Crippen LogP contribution in [0.2, 0.25) is 0 Å². The fraction of sp³-hybridized carbons (Fsp3) is 0.118. The molecule has 0 saturated heterocycles. The largest absolute Gasteiger partial charge is 0.460 e. The summed E-state index contributed by atoms with van der Waals surface area (Å²) in [5, 5.41) is 0. The smallest absolute Gasteiger partial charge is 0.313 e. The molecule has 2 aromatic rings. The van der Waals surface area contributed by atoms with Crippen LogP contribution in [0.4, 0.5) is 4.39 Å². The highest BCUT2D eigenvalue weighted by atomic mass is 32.2. The normalized spacial score (nSPS) is 21.0. The van der Waals surface area contributed by atoms with Crippen LogP contribution in [-0.4, -0.2) is 14.2 Å². The van der Waals surface area contributed by atoms with Crippen molar-refractivity contribution in [2.75, 3.05) is 0 Å². The molecular formula is C17H14FNO5S. The molecule has 3 rings (SSSR count). The molecule has 0 unspecified atom stereocenters. The van der Waals surface area contributed by atoms with Crippen molar-refractivity contribution in [2.24, 2.45) is 5.73 Å². The predicted octanol–water partition coefficient (Wildman–Crippen LogP) is 2.14. The van der Waals surface area contributed by atoms with Gasteiger partial charge in [-0.25, -0.2) is 4.39 Å². The first-order valence-electron chi connectivity index (χ1n) is 7.67. The Bertz CT molecular complexity index is 993. The maximum Gasteiger partial charge on any atom is 0.313 e. The number of ketones is 1. The number of halogens is 1. The van der Waals surface area contributed by atoms with Gasteiger partial charge in [-0.15, -0.1) is 0 Å². The number of hydrogen-bond donors (Lipinski definition) is 1. The quantitative estimate of drug-likeness (QED) is 0.817. The first-order valence-corrected chi connectivity index (χ1v) is 8.75. The number of rotatable bonds is 5. The molecule has 1 aliphatic rings. The third-order valence-corrected chi connectivity index (χ3v) is 4.44. The van der Waals surface area contributed by atoms with E-state index in [-0.39, 0.29) is 5.56 Å². The van der Waals surface area contributed by atoms with Crippen molar-refractivity contribution in [1.29, 1.82) is 0 Å². The van der Waals surface area contributed by atoms with Gasteiger partial charge in [-0.3, -0.25) is 4.79 Å². The Balaban J connectivity index is 1.85. The summed E-state index contributed by atoms with van der Waals surface area (Å²) in [6.45, 7) is 0. The maximum atomic E-state index is 13.4. The molecule has 1 aliphatic heterocycles. The molecule has 0 radical (unpaired) electrons. The topological polar surface area (TPSA) is 95.7 Å². The first-order chi connectivity index (χ1) is 12.2. The van der Waals surface area contributed by atoms with E-state index < -0.39 is 45.2 Å². The highest BCUT2D eigenvalue weighted by Gasteiger charge is 2.39. The minimum atomic E-state index is -4.22. The van der Waals surface area contributed by atoms with Crippen molar-refractivity contribution in [1.82, 2.24) is 0 Å². The van der Waals surface area contributed by atoms with Crippen molar-refractivity contribution in [3.05, 3.63) is 83.2 Å². The number of ether oxygens (including phenoxy) is 1. The number of benzene rings is 2. The van der Waals surface area contributed by atoms with Gasteiger partial charge in [-0.05, 0) is 17.7 Å². The third kappa shape index (κ3) is 3.80. The van der Waals surface area contributed by atoms with E-state index in [2.05, 4.69) is 0 Å². The average Bonchev–Trinajstić information content (AvgIpc) is 2.79. The lowest BCUT2D eigenvalue weighted by Crippen LogP contribution is -2.16. The Kier molecular flexibility index (Phi) is 4.10. The summed E-state index contributed by atoms with van der Waals surface area (Å²) >= 11 is 0. The van der Waals surface area contributed by atoms with Crippen LogP contribution in [0.1, 0.15) is 18.6 Å². The van der Waals surface area contributed by atoms with Gasteiger partial charge in [0.05, 0.1) is 1.37 Å². The molecule has 8 heteroatoms. The molecule has 6 nitrogen and oxygen atoms in total. The summed E-state index contributed by atoms with van der Waals surface area (Å²) in [5.41, 5.74) is 5.86. The zero-order chi connectivity index (χ0) is 18.9. The van der Waals surface area contributed by atoms with E-state index in [0.717, 1.165) is 12.1 Å². The van der Waals surface area contributed by atoms with E-state index in [1.54, 1.807) is 30.3 Å². The van der Waals surface area contributed by atoms with E-state index >= 15 is 0 Å². The highest BCUT2D eigenvalue weighted by molar-refractivity contribution is 7.86. The summed E-state index contributed by atoms with van der Waals surface area (Å²) in [4.78, 5) is 12.5. The summed E-state index contributed by atoms with van der Waals surface area (Å²) in [6.07, 6.45) is -2.41. The van der Waals surface area contributed by atoms with Crippen LogP contribution in [-0.2, 0) is 29.6 Å². The molecule has 0 aliphatic carbocycles. The average molecular weight is 364 g/mol. The Morgan fingerprint density at radius 1 is 1.20 bits per heavy atom. The van der Waals surface area contributed by atoms with Gasteiger partial charge >= 0.3 is 10.1 Å². The number of nitrogens with two attached hydrogens (primary N) is 1. The van der Waals surface area contributed by atoms with Crippen molar-refractivity contribution in [3.63, 3.8) is 0 Å². The minimum Gasteiger partial charge on any atom is -0.460 e. The molecule has 0 amide bonds. The van der Waals surface area contributed by atoms with Gasteiger partial charge in [0.1, 0.15) is 11.6 Å². The summed E-state index contributed by atoms with van der Waals surface area (Å²) in [7, 11) is -4.22. The molecule has 2 N–H and O–H groups in total. The molecule has 0 spiro atoms. The van der Waals surface area contributed by atoms with Gasteiger partial charge < -0.3 is 14.7 Å². The van der Waals surface area contributed by atoms with Crippen LogP contribution < -0.4 is 5.73 Å². The summed E-state index contributed by atoms with van der Waals surface area (Å²) < 4.78 is 55.8. The molecular weight excluding hydrogens is 349 g/mol. The van der Waals surface area contributed by atoms with Crippen molar-refractivity contribution >= 4 is 15.9 Å². The maximum absolute atomic E-state index is 13.4. The lowest BCUT2D eigenvalue weighted by Gasteiger charge is -2.09. The molecule has 0 aromatic heterocycles.